The molecule has 0 bridgehead atoms. The van der Waals surface area contributed by atoms with Gasteiger partial charge in [-0.2, -0.15) is 0 Å². The number of methoxy groups -OCH3 is 1. The van der Waals surface area contributed by atoms with Gasteiger partial charge in [-0.15, -0.1) is 0 Å². The molecule has 2 heteroatoms. The van der Waals surface area contributed by atoms with Gasteiger partial charge in [-0.25, -0.2) is 0 Å². The maximum atomic E-state index is 5.43. The molecule has 0 saturated carbocycles. The van der Waals surface area contributed by atoms with E-state index >= 15 is 0 Å². The fraction of sp³-hybridized carbons (Fsp3) is 1.00. The Morgan fingerprint density at radius 3 is 1.57 bits per heavy atom. The SMILES string of the molecule is COCCCCCCCCCCCN. The van der Waals surface area contributed by atoms with E-state index in [2.05, 4.69) is 0 Å². The fourth-order valence-corrected chi connectivity index (χ4v) is 1.63. The molecule has 0 spiro atoms. The average Bonchev–Trinajstić information content (AvgIpc) is 2.21. The minimum atomic E-state index is 0.858. The Morgan fingerprint density at radius 2 is 1.14 bits per heavy atom. The largest absolute Gasteiger partial charge is 0.385 e. The van der Waals surface area contributed by atoms with Gasteiger partial charge in [0.15, 0.2) is 0 Å². The molecule has 0 rings (SSSR count). The number of ether oxygens (including phenoxy) is 1. The molecule has 0 aromatic heterocycles. The molecule has 0 fully saturated rings. The topological polar surface area (TPSA) is 35.2 Å². The molecule has 0 aliphatic rings. The zero-order valence-electron chi connectivity index (χ0n) is 9.76. The standard InChI is InChI=1S/C12H27NO/c1-14-12-10-8-6-4-2-3-5-7-9-11-13/h2-13H2,1H3. The normalized spacial score (nSPS) is 10.7. The van der Waals surface area contributed by atoms with E-state index in [4.69, 9.17) is 10.5 Å². The molecular formula is C12H27NO. The van der Waals surface area contributed by atoms with E-state index in [1.165, 1.54) is 57.8 Å². The maximum Gasteiger partial charge on any atom is 0.0462 e. The molecule has 14 heavy (non-hydrogen) atoms. The molecule has 86 valence electrons. The van der Waals surface area contributed by atoms with E-state index in [1.807, 2.05) is 0 Å². The summed E-state index contributed by atoms with van der Waals surface area (Å²) in [6, 6.07) is 0. The third kappa shape index (κ3) is 11.9. The first-order valence-electron chi connectivity index (χ1n) is 6.11. The second-order valence-electron chi connectivity index (χ2n) is 3.96. The third-order valence-corrected chi connectivity index (χ3v) is 2.55. The van der Waals surface area contributed by atoms with E-state index in [0.29, 0.717) is 0 Å². The minimum Gasteiger partial charge on any atom is -0.385 e. The van der Waals surface area contributed by atoms with Gasteiger partial charge in [0.1, 0.15) is 0 Å². The van der Waals surface area contributed by atoms with Crippen LogP contribution in [-0.4, -0.2) is 20.3 Å². The van der Waals surface area contributed by atoms with Crippen LogP contribution in [0.25, 0.3) is 0 Å². The van der Waals surface area contributed by atoms with Crippen molar-refractivity contribution in [1.82, 2.24) is 0 Å². The molecule has 0 heterocycles. The van der Waals surface area contributed by atoms with Crippen LogP contribution in [0.1, 0.15) is 57.8 Å². The second kappa shape index (κ2) is 12.9. The number of rotatable bonds is 11. The monoisotopic (exact) mass is 201 g/mol. The van der Waals surface area contributed by atoms with Gasteiger partial charge >= 0.3 is 0 Å². The number of hydrogen-bond acceptors (Lipinski definition) is 2. The van der Waals surface area contributed by atoms with Crippen molar-refractivity contribution in [3.63, 3.8) is 0 Å². The number of nitrogens with two attached hydrogens (primary N) is 1. The highest BCUT2D eigenvalue weighted by Gasteiger charge is 1.91. The molecule has 2 N–H and O–H groups in total. The summed E-state index contributed by atoms with van der Waals surface area (Å²) in [4.78, 5) is 0. The Hall–Kier alpha value is -0.0800. The van der Waals surface area contributed by atoms with Crippen LogP contribution in [-0.2, 0) is 4.74 Å². The molecule has 0 amide bonds. The Morgan fingerprint density at radius 1 is 0.714 bits per heavy atom. The first kappa shape index (κ1) is 13.9. The molecule has 0 saturated heterocycles. The van der Waals surface area contributed by atoms with Gasteiger partial charge in [0.05, 0.1) is 0 Å². The average molecular weight is 201 g/mol. The van der Waals surface area contributed by atoms with Crippen LogP contribution in [0.3, 0.4) is 0 Å². The Bertz CT molecular complexity index is 84.3. The molecule has 0 unspecified atom stereocenters. The van der Waals surface area contributed by atoms with E-state index < -0.39 is 0 Å². The van der Waals surface area contributed by atoms with Crippen molar-refractivity contribution in [1.29, 1.82) is 0 Å². The van der Waals surface area contributed by atoms with Crippen LogP contribution in [0, 0.1) is 0 Å². The van der Waals surface area contributed by atoms with Crippen molar-refractivity contribution >= 4 is 0 Å². The van der Waals surface area contributed by atoms with Crippen LogP contribution < -0.4 is 5.73 Å². The minimum absolute atomic E-state index is 0.858. The summed E-state index contributed by atoms with van der Waals surface area (Å²) in [5.41, 5.74) is 5.43. The summed E-state index contributed by atoms with van der Waals surface area (Å²) >= 11 is 0. The van der Waals surface area contributed by atoms with Gasteiger partial charge in [0.25, 0.3) is 0 Å². The van der Waals surface area contributed by atoms with Crippen molar-refractivity contribution in [2.24, 2.45) is 5.73 Å². The summed E-state index contributed by atoms with van der Waals surface area (Å²) in [6.07, 6.45) is 12.0. The van der Waals surface area contributed by atoms with Crippen molar-refractivity contribution in [2.75, 3.05) is 20.3 Å². The van der Waals surface area contributed by atoms with E-state index in [0.717, 1.165) is 13.2 Å². The fourth-order valence-electron chi connectivity index (χ4n) is 1.63. The molecule has 0 aromatic rings. The van der Waals surface area contributed by atoms with Crippen LogP contribution in [0.5, 0.6) is 0 Å². The quantitative estimate of drug-likeness (QED) is 0.521. The molecular weight excluding hydrogens is 174 g/mol. The first-order chi connectivity index (χ1) is 6.91. The predicted molar refractivity (Wildman–Crippen MR) is 62.5 cm³/mol. The van der Waals surface area contributed by atoms with Crippen LogP contribution in [0.2, 0.25) is 0 Å². The van der Waals surface area contributed by atoms with Gasteiger partial charge in [-0.3, -0.25) is 0 Å². The lowest BCUT2D eigenvalue weighted by Gasteiger charge is -2.01. The van der Waals surface area contributed by atoms with Crippen LogP contribution >= 0.6 is 0 Å². The highest BCUT2D eigenvalue weighted by atomic mass is 16.5. The van der Waals surface area contributed by atoms with Crippen molar-refractivity contribution in [2.45, 2.75) is 57.8 Å². The van der Waals surface area contributed by atoms with Crippen molar-refractivity contribution in [3.05, 3.63) is 0 Å². The summed E-state index contributed by atoms with van der Waals surface area (Å²) in [5, 5.41) is 0. The molecule has 0 radical (unpaired) electrons. The lowest BCUT2D eigenvalue weighted by molar-refractivity contribution is 0.192. The lowest BCUT2D eigenvalue weighted by atomic mass is 10.1. The summed E-state index contributed by atoms with van der Waals surface area (Å²) in [7, 11) is 1.78. The Kier molecular flexibility index (Phi) is 12.8. The molecule has 0 aliphatic heterocycles. The number of unbranched alkanes of at least 4 members (excludes halogenated alkanes) is 8. The lowest BCUT2D eigenvalue weighted by Crippen LogP contribution is -1.97. The summed E-state index contributed by atoms with van der Waals surface area (Å²) in [6.45, 7) is 1.79. The molecule has 2 nitrogen and oxygen atoms in total. The Labute approximate surface area is 89.2 Å². The van der Waals surface area contributed by atoms with E-state index in [1.54, 1.807) is 7.11 Å². The van der Waals surface area contributed by atoms with Gasteiger partial charge in [0.2, 0.25) is 0 Å². The highest BCUT2D eigenvalue weighted by molar-refractivity contribution is 4.47. The van der Waals surface area contributed by atoms with E-state index in [9.17, 15) is 0 Å². The highest BCUT2D eigenvalue weighted by Crippen LogP contribution is 2.09. The smallest absolute Gasteiger partial charge is 0.0462 e. The van der Waals surface area contributed by atoms with Crippen molar-refractivity contribution in [3.8, 4) is 0 Å². The van der Waals surface area contributed by atoms with Gasteiger partial charge in [-0.1, -0.05) is 44.9 Å². The third-order valence-electron chi connectivity index (χ3n) is 2.55. The zero-order chi connectivity index (χ0) is 10.5. The number of hydrogen-bond donors (Lipinski definition) is 1. The van der Waals surface area contributed by atoms with Gasteiger partial charge in [0, 0.05) is 13.7 Å². The van der Waals surface area contributed by atoms with Gasteiger partial charge < -0.3 is 10.5 Å². The Balaban J connectivity index is 2.78. The predicted octanol–water partition coefficient (Wildman–Crippen LogP) is 3.10. The summed E-state index contributed by atoms with van der Waals surface area (Å²) in [5.74, 6) is 0. The molecule has 0 atom stereocenters. The molecule has 0 aromatic carbocycles. The second-order valence-corrected chi connectivity index (χ2v) is 3.96. The zero-order valence-corrected chi connectivity index (χ0v) is 9.76. The summed E-state index contributed by atoms with van der Waals surface area (Å²) < 4.78 is 5.00. The van der Waals surface area contributed by atoms with E-state index in [-0.39, 0.29) is 0 Å². The van der Waals surface area contributed by atoms with Gasteiger partial charge in [-0.05, 0) is 19.4 Å². The van der Waals surface area contributed by atoms with Crippen LogP contribution in [0.15, 0.2) is 0 Å². The van der Waals surface area contributed by atoms with Crippen molar-refractivity contribution < 1.29 is 4.74 Å². The van der Waals surface area contributed by atoms with Crippen LogP contribution in [0.4, 0.5) is 0 Å². The molecule has 0 aliphatic carbocycles. The maximum absolute atomic E-state index is 5.43. The first-order valence-corrected chi connectivity index (χ1v) is 6.11.